The first kappa shape index (κ1) is 13.8. The lowest BCUT2D eigenvalue weighted by molar-refractivity contribution is 0.000930. The van der Waals surface area contributed by atoms with Crippen LogP contribution in [0.3, 0.4) is 0 Å². The molecule has 0 bridgehead atoms. The molecular formula is C10H22O4. The average molecular weight is 206 g/mol. The molecule has 4 heteroatoms. The van der Waals surface area contributed by atoms with Gasteiger partial charge in [-0.2, -0.15) is 0 Å². The highest BCUT2D eigenvalue weighted by Crippen LogP contribution is 1.81. The largest absolute Gasteiger partial charge is 0.379 e. The molecule has 0 amide bonds. The molecule has 0 N–H and O–H groups in total. The second kappa shape index (κ2) is 12.8. The summed E-state index contributed by atoms with van der Waals surface area (Å²) in [7, 11) is 0. The summed E-state index contributed by atoms with van der Waals surface area (Å²) >= 11 is 0. The maximum Gasteiger partial charge on any atom is 0.0701 e. The molecule has 0 saturated carbocycles. The van der Waals surface area contributed by atoms with Crippen LogP contribution >= 0.6 is 0 Å². The summed E-state index contributed by atoms with van der Waals surface area (Å²) in [4.78, 5) is 0. The molecule has 0 unspecified atom stereocenters. The molecule has 0 saturated heterocycles. The molecule has 0 aliphatic carbocycles. The molecule has 86 valence electrons. The molecule has 4 nitrogen and oxygen atoms in total. The highest BCUT2D eigenvalue weighted by atomic mass is 16.6. The van der Waals surface area contributed by atoms with Crippen molar-refractivity contribution in [3.8, 4) is 0 Å². The maximum absolute atomic E-state index is 5.25. The summed E-state index contributed by atoms with van der Waals surface area (Å²) in [6.07, 6.45) is 0. The van der Waals surface area contributed by atoms with Crippen molar-refractivity contribution in [2.75, 3.05) is 52.9 Å². The Bertz CT molecular complexity index is 86.1. The second-order valence-corrected chi connectivity index (χ2v) is 2.62. The van der Waals surface area contributed by atoms with E-state index in [-0.39, 0.29) is 0 Å². The van der Waals surface area contributed by atoms with Crippen molar-refractivity contribution in [3.63, 3.8) is 0 Å². The summed E-state index contributed by atoms with van der Waals surface area (Å²) in [5.74, 6) is 0. The minimum absolute atomic E-state index is 0.624. The third-order valence-corrected chi connectivity index (χ3v) is 1.52. The first-order valence-corrected chi connectivity index (χ1v) is 5.22. The first-order chi connectivity index (χ1) is 6.91. The van der Waals surface area contributed by atoms with E-state index in [9.17, 15) is 0 Å². The van der Waals surface area contributed by atoms with Crippen LogP contribution in [-0.4, -0.2) is 52.9 Å². The summed E-state index contributed by atoms with van der Waals surface area (Å²) in [6.45, 7) is 9.28. The molecule has 0 spiro atoms. The van der Waals surface area contributed by atoms with Crippen molar-refractivity contribution in [2.24, 2.45) is 0 Å². The van der Waals surface area contributed by atoms with Crippen LogP contribution in [0.1, 0.15) is 13.8 Å². The van der Waals surface area contributed by atoms with E-state index in [0.717, 1.165) is 13.2 Å². The fraction of sp³-hybridized carbons (Fsp3) is 1.00. The Kier molecular flexibility index (Phi) is 12.7. The Morgan fingerprint density at radius 3 is 1.07 bits per heavy atom. The number of rotatable bonds is 11. The van der Waals surface area contributed by atoms with Gasteiger partial charge in [-0.05, 0) is 13.8 Å². The zero-order valence-corrected chi connectivity index (χ0v) is 9.29. The molecule has 0 radical (unpaired) electrons. The van der Waals surface area contributed by atoms with Crippen molar-refractivity contribution in [3.05, 3.63) is 0 Å². The van der Waals surface area contributed by atoms with E-state index in [2.05, 4.69) is 0 Å². The van der Waals surface area contributed by atoms with Crippen molar-refractivity contribution in [1.82, 2.24) is 0 Å². The lowest BCUT2D eigenvalue weighted by atomic mass is 10.7. The highest BCUT2D eigenvalue weighted by Gasteiger charge is 1.90. The molecule has 0 aliphatic rings. The predicted octanol–water partition coefficient (Wildman–Crippen LogP) is 1.09. The molecule has 0 rings (SSSR count). The fourth-order valence-electron chi connectivity index (χ4n) is 0.846. The molecule has 0 aromatic rings. The van der Waals surface area contributed by atoms with Crippen LogP contribution in [0.4, 0.5) is 0 Å². The molecule has 0 aromatic carbocycles. The Labute approximate surface area is 86.5 Å². The summed E-state index contributed by atoms with van der Waals surface area (Å²) < 4.78 is 20.7. The van der Waals surface area contributed by atoms with Crippen LogP contribution in [0.25, 0.3) is 0 Å². The van der Waals surface area contributed by atoms with Crippen LogP contribution in [0.15, 0.2) is 0 Å². The molecule has 14 heavy (non-hydrogen) atoms. The second-order valence-electron chi connectivity index (χ2n) is 2.62. The average Bonchev–Trinajstić information content (AvgIpc) is 2.21. The van der Waals surface area contributed by atoms with E-state index in [1.54, 1.807) is 0 Å². The topological polar surface area (TPSA) is 36.9 Å². The maximum atomic E-state index is 5.25. The number of ether oxygens (including phenoxy) is 4. The van der Waals surface area contributed by atoms with E-state index in [0.29, 0.717) is 39.6 Å². The Balaban J connectivity index is 2.78. The Morgan fingerprint density at radius 1 is 0.500 bits per heavy atom. The molecule has 0 atom stereocenters. The monoisotopic (exact) mass is 206 g/mol. The fourth-order valence-corrected chi connectivity index (χ4v) is 0.846. The van der Waals surface area contributed by atoms with Gasteiger partial charge in [0, 0.05) is 13.2 Å². The molecular weight excluding hydrogens is 184 g/mol. The minimum Gasteiger partial charge on any atom is -0.379 e. The van der Waals surface area contributed by atoms with Gasteiger partial charge in [0.25, 0.3) is 0 Å². The van der Waals surface area contributed by atoms with E-state index in [1.807, 2.05) is 13.8 Å². The van der Waals surface area contributed by atoms with Gasteiger partial charge in [-0.15, -0.1) is 0 Å². The first-order valence-electron chi connectivity index (χ1n) is 5.22. The van der Waals surface area contributed by atoms with Gasteiger partial charge in [0.05, 0.1) is 39.6 Å². The molecule has 0 heterocycles. The van der Waals surface area contributed by atoms with Crippen molar-refractivity contribution in [2.45, 2.75) is 13.8 Å². The Morgan fingerprint density at radius 2 is 0.786 bits per heavy atom. The molecule has 0 fully saturated rings. The van der Waals surface area contributed by atoms with Crippen molar-refractivity contribution < 1.29 is 18.9 Å². The normalized spacial score (nSPS) is 10.7. The molecule has 0 aliphatic heterocycles. The summed E-state index contributed by atoms with van der Waals surface area (Å²) in [5.41, 5.74) is 0. The van der Waals surface area contributed by atoms with E-state index >= 15 is 0 Å². The van der Waals surface area contributed by atoms with E-state index in [4.69, 9.17) is 18.9 Å². The Hall–Kier alpha value is -0.160. The third-order valence-electron chi connectivity index (χ3n) is 1.52. The van der Waals surface area contributed by atoms with Gasteiger partial charge in [0.2, 0.25) is 0 Å². The van der Waals surface area contributed by atoms with Gasteiger partial charge in [-0.25, -0.2) is 0 Å². The number of hydrogen-bond donors (Lipinski definition) is 0. The van der Waals surface area contributed by atoms with Crippen LogP contribution < -0.4 is 0 Å². The van der Waals surface area contributed by atoms with Gasteiger partial charge in [-0.3, -0.25) is 0 Å². The SMILES string of the molecule is CCOCCOCCOCCOCC. The lowest BCUT2D eigenvalue weighted by Crippen LogP contribution is -2.11. The smallest absolute Gasteiger partial charge is 0.0701 e. The van der Waals surface area contributed by atoms with Gasteiger partial charge < -0.3 is 18.9 Å². The van der Waals surface area contributed by atoms with Crippen LogP contribution in [0, 0.1) is 0 Å². The predicted molar refractivity (Wildman–Crippen MR) is 54.6 cm³/mol. The van der Waals surface area contributed by atoms with Crippen molar-refractivity contribution >= 4 is 0 Å². The van der Waals surface area contributed by atoms with Gasteiger partial charge >= 0.3 is 0 Å². The van der Waals surface area contributed by atoms with E-state index < -0.39 is 0 Å². The summed E-state index contributed by atoms with van der Waals surface area (Å²) in [5, 5.41) is 0. The van der Waals surface area contributed by atoms with Crippen LogP contribution in [-0.2, 0) is 18.9 Å². The third kappa shape index (κ3) is 11.8. The lowest BCUT2D eigenvalue weighted by Gasteiger charge is -2.05. The number of hydrogen-bond acceptors (Lipinski definition) is 4. The summed E-state index contributed by atoms with van der Waals surface area (Å²) in [6, 6.07) is 0. The highest BCUT2D eigenvalue weighted by molar-refractivity contribution is 4.33. The van der Waals surface area contributed by atoms with Gasteiger partial charge in [-0.1, -0.05) is 0 Å². The molecule has 0 aromatic heterocycles. The van der Waals surface area contributed by atoms with Crippen molar-refractivity contribution in [1.29, 1.82) is 0 Å². The van der Waals surface area contributed by atoms with Crippen LogP contribution in [0.2, 0.25) is 0 Å². The van der Waals surface area contributed by atoms with Gasteiger partial charge in [0.1, 0.15) is 0 Å². The van der Waals surface area contributed by atoms with Gasteiger partial charge in [0.15, 0.2) is 0 Å². The zero-order chi connectivity index (χ0) is 10.5. The quantitative estimate of drug-likeness (QED) is 0.474. The van der Waals surface area contributed by atoms with E-state index in [1.165, 1.54) is 0 Å². The minimum atomic E-state index is 0.624. The standard InChI is InChI=1S/C10H22O4/c1-3-11-5-7-13-9-10-14-8-6-12-4-2/h3-10H2,1-2H3. The zero-order valence-electron chi connectivity index (χ0n) is 9.29. The van der Waals surface area contributed by atoms with Crippen LogP contribution in [0.5, 0.6) is 0 Å².